The van der Waals surface area contributed by atoms with Crippen LogP contribution in [0, 0.1) is 5.92 Å². The van der Waals surface area contributed by atoms with E-state index in [9.17, 15) is 4.79 Å². The number of hydrogen-bond acceptors (Lipinski definition) is 6. The summed E-state index contributed by atoms with van der Waals surface area (Å²) in [7, 11) is 0. The molecule has 0 aromatic carbocycles. The predicted octanol–water partition coefficient (Wildman–Crippen LogP) is -0.206. The number of carbonyl (C=O) groups is 1. The zero-order chi connectivity index (χ0) is 11.8. The van der Waals surface area contributed by atoms with Crippen LogP contribution in [0.5, 0.6) is 0 Å². The first kappa shape index (κ1) is 9.94. The zero-order valence-corrected chi connectivity index (χ0v) is 8.82. The van der Waals surface area contributed by atoms with E-state index < -0.39 is 12.0 Å². The number of nitrogens with one attached hydrogen (secondary N) is 1. The maximum Gasteiger partial charge on any atom is 0.326 e. The average Bonchev–Trinajstić information content (AvgIpc) is 3.02. The minimum absolute atomic E-state index is 0.180. The van der Waals surface area contributed by atoms with Gasteiger partial charge in [-0.1, -0.05) is 0 Å². The van der Waals surface area contributed by atoms with Gasteiger partial charge in [-0.15, -0.1) is 5.10 Å². The number of aliphatic carboxylic acids is 1. The Morgan fingerprint density at radius 1 is 1.53 bits per heavy atom. The summed E-state index contributed by atoms with van der Waals surface area (Å²) in [5.74, 6) is -0.191. The molecule has 1 saturated carbocycles. The van der Waals surface area contributed by atoms with Crippen molar-refractivity contribution in [3.05, 3.63) is 12.4 Å². The number of carboxylic acids is 1. The van der Waals surface area contributed by atoms with Gasteiger partial charge in [0.2, 0.25) is 0 Å². The van der Waals surface area contributed by atoms with Gasteiger partial charge in [-0.2, -0.15) is 4.52 Å². The van der Waals surface area contributed by atoms with Gasteiger partial charge in [0.1, 0.15) is 6.04 Å². The molecule has 0 spiro atoms. The molecule has 8 nitrogen and oxygen atoms in total. The maximum absolute atomic E-state index is 11.1. The van der Waals surface area contributed by atoms with Gasteiger partial charge in [-0.3, -0.25) is 4.98 Å². The fourth-order valence-corrected chi connectivity index (χ4v) is 1.74. The van der Waals surface area contributed by atoms with E-state index in [0.717, 1.165) is 12.8 Å². The van der Waals surface area contributed by atoms with Crippen LogP contribution in [0.15, 0.2) is 12.4 Å². The second-order valence-electron chi connectivity index (χ2n) is 4.04. The van der Waals surface area contributed by atoms with Crippen LogP contribution >= 0.6 is 0 Å². The molecule has 88 valence electrons. The van der Waals surface area contributed by atoms with Crippen molar-refractivity contribution in [2.24, 2.45) is 5.92 Å². The van der Waals surface area contributed by atoms with Crippen molar-refractivity contribution in [2.45, 2.75) is 18.9 Å². The smallest absolute Gasteiger partial charge is 0.326 e. The highest BCUT2D eigenvalue weighted by Crippen LogP contribution is 2.34. The first-order valence-corrected chi connectivity index (χ1v) is 5.27. The van der Waals surface area contributed by atoms with E-state index in [1.54, 1.807) is 0 Å². The number of hydrogen-bond donors (Lipinski definition) is 2. The maximum atomic E-state index is 11.1. The third-order valence-corrected chi connectivity index (χ3v) is 2.77. The molecule has 3 rings (SSSR count). The SMILES string of the molecule is O=C(O)C(Nc1cncc2nnnn12)C1CC1. The number of carboxylic acid groups (broad SMARTS) is 1. The number of tetrazole rings is 1. The van der Waals surface area contributed by atoms with E-state index in [1.807, 2.05) is 0 Å². The molecule has 0 radical (unpaired) electrons. The summed E-state index contributed by atoms with van der Waals surface area (Å²) in [6.07, 6.45) is 4.89. The van der Waals surface area contributed by atoms with Crippen molar-refractivity contribution in [3.8, 4) is 0 Å². The molecule has 0 saturated heterocycles. The highest BCUT2D eigenvalue weighted by molar-refractivity contribution is 5.77. The molecule has 0 bridgehead atoms. The summed E-state index contributed by atoms with van der Waals surface area (Å²) in [5.41, 5.74) is 0.481. The van der Waals surface area contributed by atoms with Crippen LogP contribution in [-0.4, -0.2) is 42.1 Å². The molecule has 1 aliphatic rings. The third kappa shape index (κ3) is 1.77. The Labute approximate surface area is 95.7 Å². The number of nitrogens with zero attached hydrogens (tertiary/aromatic N) is 5. The van der Waals surface area contributed by atoms with Gasteiger partial charge in [0, 0.05) is 0 Å². The Balaban J connectivity index is 1.93. The summed E-state index contributed by atoms with van der Waals surface area (Å²) in [5, 5.41) is 23.1. The molecule has 1 atom stereocenters. The number of fused-ring (bicyclic) bond motifs is 1. The molecular weight excluding hydrogens is 224 g/mol. The predicted molar refractivity (Wildman–Crippen MR) is 56.3 cm³/mol. The fraction of sp³-hybridized carbons (Fsp3) is 0.444. The van der Waals surface area contributed by atoms with Crippen LogP contribution in [0.1, 0.15) is 12.8 Å². The normalized spacial score (nSPS) is 16.9. The Hall–Kier alpha value is -2.25. The fourth-order valence-electron chi connectivity index (χ4n) is 1.74. The van der Waals surface area contributed by atoms with Crippen LogP contribution in [0.2, 0.25) is 0 Å². The lowest BCUT2D eigenvalue weighted by atomic mass is 10.2. The summed E-state index contributed by atoms with van der Waals surface area (Å²) in [6, 6.07) is -0.605. The minimum Gasteiger partial charge on any atom is -0.480 e. The molecule has 2 N–H and O–H groups in total. The van der Waals surface area contributed by atoms with E-state index in [0.29, 0.717) is 11.5 Å². The molecule has 2 heterocycles. The Bertz CT molecular complexity index is 563. The lowest BCUT2D eigenvalue weighted by Gasteiger charge is -2.14. The number of aromatic nitrogens is 5. The standard InChI is InChI=1S/C9H10N6O2/c16-9(17)8(5-1-2-5)11-6-3-10-4-7-12-13-14-15(6)7/h3-5,8,11H,1-2H2,(H,16,17). The number of rotatable bonds is 4. The van der Waals surface area contributed by atoms with Gasteiger partial charge in [-0.05, 0) is 29.2 Å². The van der Waals surface area contributed by atoms with E-state index in [2.05, 4.69) is 25.8 Å². The van der Waals surface area contributed by atoms with Crippen LogP contribution in [0.4, 0.5) is 5.82 Å². The van der Waals surface area contributed by atoms with Crippen LogP contribution in [0.25, 0.3) is 5.65 Å². The summed E-state index contributed by atoms with van der Waals surface area (Å²) in [6.45, 7) is 0. The Morgan fingerprint density at radius 3 is 3.06 bits per heavy atom. The zero-order valence-electron chi connectivity index (χ0n) is 8.82. The molecule has 0 aliphatic heterocycles. The van der Waals surface area contributed by atoms with Crippen molar-refractivity contribution >= 4 is 17.4 Å². The molecular formula is C9H10N6O2. The topological polar surface area (TPSA) is 105 Å². The van der Waals surface area contributed by atoms with Crippen molar-refractivity contribution in [2.75, 3.05) is 5.32 Å². The van der Waals surface area contributed by atoms with Crippen LogP contribution < -0.4 is 5.32 Å². The monoisotopic (exact) mass is 234 g/mol. The van der Waals surface area contributed by atoms with E-state index in [-0.39, 0.29) is 5.92 Å². The lowest BCUT2D eigenvalue weighted by molar-refractivity contribution is -0.138. The first-order chi connectivity index (χ1) is 8.25. The quantitative estimate of drug-likeness (QED) is 0.754. The highest BCUT2D eigenvalue weighted by Gasteiger charge is 2.36. The molecule has 2 aromatic rings. The highest BCUT2D eigenvalue weighted by atomic mass is 16.4. The molecule has 1 aliphatic carbocycles. The second-order valence-corrected chi connectivity index (χ2v) is 4.04. The molecule has 17 heavy (non-hydrogen) atoms. The Kier molecular flexibility index (Phi) is 2.13. The summed E-state index contributed by atoms with van der Waals surface area (Å²) in [4.78, 5) is 15.1. The second kappa shape index (κ2) is 3.65. The Morgan fingerprint density at radius 2 is 2.35 bits per heavy atom. The van der Waals surface area contributed by atoms with Gasteiger partial charge in [-0.25, -0.2) is 4.79 Å². The van der Waals surface area contributed by atoms with Crippen molar-refractivity contribution < 1.29 is 9.90 Å². The summed E-state index contributed by atoms with van der Waals surface area (Å²) < 4.78 is 1.44. The van der Waals surface area contributed by atoms with E-state index >= 15 is 0 Å². The van der Waals surface area contributed by atoms with Gasteiger partial charge < -0.3 is 10.4 Å². The lowest BCUT2D eigenvalue weighted by Crippen LogP contribution is -2.32. The molecule has 0 amide bonds. The minimum atomic E-state index is -0.863. The van der Waals surface area contributed by atoms with Crippen LogP contribution in [-0.2, 0) is 4.79 Å². The van der Waals surface area contributed by atoms with Crippen molar-refractivity contribution in [1.29, 1.82) is 0 Å². The van der Waals surface area contributed by atoms with Gasteiger partial charge >= 0.3 is 5.97 Å². The van der Waals surface area contributed by atoms with Gasteiger partial charge in [0.05, 0.1) is 12.4 Å². The van der Waals surface area contributed by atoms with Crippen molar-refractivity contribution in [1.82, 2.24) is 25.0 Å². The molecule has 8 heteroatoms. The molecule has 2 aromatic heterocycles. The average molecular weight is 234 g/mol. The van der Waals surface area contributed by atoms with Crippen molar-refractivity contribution in [3.63, 3.8) is 0 Å². The molecule has 1 fully saturated rings. The summed E-state index contributed by atoms with van der Waals surface area (Å²) >= 11 is 0. The van der Waals surface area contributed by atoms with E-state index in [1.165, 1.54) is 16.9 Å². The van der Waals surface area contributed by atoms with Crippen LogP contribution in [0.3, 0.4) is 0 Å². The largest absolute Gasteiger partial charge is 0.480 e. The van der Waals surface area contributed by atoms with E-state index in [4.69, 9.17) is 5.11 Å². The third-order valence-electron chi connectivity index (χ3n) is 2.77. The van der Waals surface area contributed by atoms with Gasteiger partial charge in [0.25, 0.3) is 0 Å². The molecule has 1 unspecified atom stereocenters. The van der Waals surface area contributed by atoms with Gasteiger partial charge in [0.15, 0.2) is 11.5 Å². The number of anilines is 1. The first-order valence-electron chi connectivity index (χ1n) is 5.27.